The van der Waals surface area contributed by atoms with E-state index in [1.54, 1.807) is 11.8 Å². The van der Waals surface area contributed by atoms with Crippen LogP contribution in [0.25, 0.3) is 0 Å². The van der Waals surface area contributed by atoms with E-state index in [-0.39, 0.29) is 24.3 Å². The van der Waals surface area contributed by atoms with Gasteiger partial charge in [-0.05, 0) is 25.0 Å². The molecule has 0 bridgehead atoms. The van der Waals surface area contributed by atoms with E-state index in [1.807, 2.05) is 67.6 Å². The Balaban J connectivity index is 1.76. The van der Waals surface area contributed by atoms with Gasteiger partial charge in [0.1, 0.15) is 11.6 Å². The fourth-order valence-electron chi connectivity index (χ4n) is 4.16. The molecule has 0 radical (unpaired) electrons. The van der Waals surface area contributed by atoms with Crippen molar-refractivity contribution in [2.75, 3.05) is 6.61 Å². The molecule has 5 heteroatoms. The Hall–Kier alpha value is -2.66. The van der Waals surface area contributed by atoms with Gasteiger partial charge in [-0.1, -0.05) is 60.7 Å². The maximum Gasteiger partial charge on any atom is 0.411 e. The molecule has 27 heavy (non-hydrogen) atoms. The van der Waals surface area contributed by atoms with E-state index in [1.165, 1.54) is 0 Å². The number of ether oxygens (including phenoxy) is 2. The molecule has 1 amide bonds. The zero-order chi connectivity index (χ0) is 19.0. The number of hydrogen-bond donors (Lipinski definition) is 0. The minimum absolute atomic E-state index is 0.0251. The van der Waals surface area contributed by atoms with Crippen molar-refractivity contribution in [3.63, 3.8) is 0 Å². The Labute approximate surface area is 158 Å². The lowest BCUT2D eigenvalue weighted by Gasteiger charge is -2.49. The lowest BCUT2D eigenvalue weighted by molar-refractivity contribution is -0.172. The summed E-state index contributed by atoms with van der Waals surface area (Å²) in [7, 11) is 0. The van der Waals surface area contributed by atoms with Gasteiger partial charge in [-0.15, -0.1) is 0 Å². The molecule has 0 spiro atoms. The van der Waals surface area contributed by atoms with Crippen molar-refractivity contribution in [2.24, 2.45) is 0 Å². The highest BCUT2D eigenvalue weighted by molar-refractivity contribution is 5.96. The van der Waals surface area contributed by atoms with E-state index in [2.05, 4.69) is 0 Å². The van der Waals surface area contributed by atoms with Crippen molar-refractivity contribution in [1.82, 2.24) is 4.90 Å². The van der Waals surface area contributed by atoms with Crippen molar-refractivity contribution in [1.29, 1.82) is 0 Å². The minimum atomic E-state index is -0.980. The smallest absolute Gasteiger partial charge is 0.411 e. The molecule has 2 aliphatic rings. The Kier molecular flexibility index (Phi) is 4.48. The van der Waals surface area contributed by atoms with Gasteiger partial charge in [0.15, 0.2) is 11.9 Å². The molecule has 2 aromatic rings. The molecule has 2 aromatic carbocycles. The molecule has 4 rings (SSSR count). The SMILES string of the molecule is CCO[C@]1(C)C(=O)C[C@H]1N1C(=O)O[C@@H](c2ccccc2)[C@H]1c1ccccc1. The van der Waals surface area contributed by atoms with Gasteiger partial charge < -0.3 is 9.47 Å². The van der Waals surface area contributed by atoms with E-state index >= 15 is 0 Å². The summed E-state index contributed by atoms with van der Waals surface area (Å²) in [6.07, 6.45) is -0.542. The van der Waals surface area contributed by atoms with Crippen LogP contribution in [0.1, 0.15) is 43.5 Å². The molecule has 140 valence electrons. The zero-order valence-corrected chi connectivity index (χ0v) is 15.5. The van der Waals surface area contributed by atoms with E-state index in [9.17, 15) is 9.59 Å². The van der Waals surface area contributed by atoms with Crippen LogP contribution in [0.3, 0.4) is 0 Å². The molecule has 4 atom stereocenters. The fraction of sp³-hybridized carbons (Fsp3) is 0.364. The first kappa shape index (κ1) is 17.7. The van der Waals surface area contributed by atoms with Gasteiger partial charge in [-0.3, -0.25) is 9.69 Å². The second-order valence-corrected chi connectivity index (χ2v) is 7.16. The third-order valence-electron chi connectivity index (χ3n) is 5.64. The number of benzene rings is 2. The van der Waals surface area contributed by atoms with Gasteiger partial charge in [0, 0.05) is 13.0 Å². The van der Waals surface area contributed by atoms with Gasteiger partial charge in [0.25, 0.3) is 0 Å². The number of rotatable bonds is 5. The van der Waals surface area contributed by atoms with Crippen LogP contribution >= 0.6 is 0 Å². The molecular weight excluding hydrogens is 342 g/mol. The number of Topliss-reactive ketones (excluding diaryl/α,β-unsaturated/α-hetero) is 1. The molecular formula is C22H23NO4. The third kappa shape index (κ3) is 2.82. The van der Waals surface area contributed by atoms with Crippen LogP contribution in [0.5, 0.6) is 0 Å². The van der Waals surface area contributed by atoms with Crippen molar-refractivity contribution < 1.29 is 19.1 Å². The molecule has 1 aliphatic heterocycles. The summed E-state index contributed by atoms with van der Waals surface area (Å²) in [5.41, 5.74) is 0.938. The minimum Gasteiger partial charge on any atom is -0.439 e. The molecule has 1 heterocycles. The number of cyclic esters (lactones) is 1. The van der Waals surface area contributed by atoms with Crippen LogP contribution in [0.15, 0.2) is 60.7 Å². The van der Waals surface area contributed by atoms with Gasteiger partial charge in [0.05, 0.1) is 6.04 Å². The molecule has 0 unspecified atom stereocenters. The second-order valence-electron chi connectivity index (χ2n) is 7.16. The Morgan fingerprint density at radius 3 is 2.19 bits per heavy atom. The number of carbonyl (C=O) groups is 2. The molecule has 1 aliphatic carbocycles. The van der Waals surface area contributed by atoms with E-state index in [4.69, 9.17) is 9.47 Å². The second kappa shape index (κ2) is 6.82. The summed E-state index contributed by atoms with van der Waals surface area (Å²) in [6, 6.07) is 18.9. The van der Waals surface area contributed by atoms with Crippen molar-refractivity contribution in [3.8, 4) is 0 Å². The summed E-state index contributed by atoms with van der Waals surface area (Å²) in [6.45, 7) is 4.05. The number of amides is 1. The highest BCUT2D eigenvalue weighted by Crippen LogP contribution is 2.49. The standard InChI is InChI=1S/C22H23NO4/c1-3-26-22(2)17(14-18(22)24)23-19(15-10-6-4-7-11-15)20(27-21(23)25)16-12-8-5-9-13-16/h4-13,17,19-20H,3,14H2,1-2H3/t17-,19-,20+,22+/m1/s1. The molecule has 0 aromatic heterocycles. The summed E-state index contributed by atoms with van der Waals surface area (Å²) in [5, 5.41) is 0. The van der Waals surface area contributed by atoms with Gasteiger partial charge in [0.2, 0.25) is 0 Å². The van der Waals surface area contributed by atoms with Crippen LogP contribution in [0, 0.1) is 0 Å². The third-order valence-corrected chi connectivity index (χ3v) is 5.64. The first-order valence-corrected chi connectivity index (χ1v) is 9.32. The van der Waals surface area contributed by atoms with Crippen molar-refractivity contribution in [3.05, 3.63) is 71.8 Å². The predicted octanol–water partition coefficient (Wildman–Crippen LogP) is 4.06. The summed E-state index contributed by atoms with van der Waals surface area (Å²) >= 11 is 0. The highest BCUT2D eigenvalue weighted by Gasteiger charge is 2.61. The Morgan fingerprint density at radius 1 is 1.04 bits per heavy atom. The molecule has 2 fully saturated rings. The summed E-state index contributed by atoms with van der Waals surface area (Å²) < 4.78 is 11.6. The van der Waals surface area contributed by atoms with Crippen LogP contribution in [0.4, 0.5) is 4.79 Å². The van der Waals surface area contributed by atoms with Crippen LogP contribution < -0.4 is 0 Å². The molecule has 0 N–H and O–H groups in total. The van der Waals surface area contributed by atoms with Gasteiger partial charge in [-0.25, -0.2) is 4.79 Å². The number of ketones is 1. The van der Waals surface area contributed by atoms with Crippen LogP contribution in [-0.4, -0.2) is 35.0 Å². The molecule has 1 saturated carbocycles. The van der Waals surface area contributed by atoms with E-state index in [0.717, 1.165) is 11.1 Å². The largest absolute Gasteiger partial charge is 0.439 e. The average molecular weight is 365 g/mol. The Morgan fingerprint density at radius 2 is 1.63 bits per heavy atom. The maximum atomic E-state index is 12.9. The van der Waals surface area contributed by atoms with Gasteiger partial charge >= 0.3 is 6.09 Å². The van der Waals surface area contributed by atoms with E-state index in [0.29, 0.717) is 6.61 Å². The lowest BCUT2D eigenvalue weighted by Crippen LogP contribution is -2.67. The first-order valence-electron chi connectivity index (χ1n) is 9.32. The quantitative estimate of drug-likeness (QED) is 0.802. The topological polar surface area (TPSA) is 55.8 Å². The lowest BCUT2D eigenvalue weighted by atomic mass is 9.72. The number of carbonyl (C=O) groups excluding carboxylic acids is 2. The number of nitrogens with zero attached hydrogens (tertiary/aromatic N) is 1. The highest BCUT2D eigenvalue weighted by atomic mass is 16.6. The summed E-state index contributed by atoms with van der Waals surface area (Å²) in [4.78, 5) is 26.9. The van der Waals surface area contributed by atoms with Crippen LogP contribution in [0.2, 0.25) is 0 Å². The first-order chi connectivity index (χ1) is 13.1. The number of hydrogen-bond acceptors (Lipinski definition) is 4. The van der Waals surface area contributed by atoms with Crippen molar-refractivity contribution >= 4 is 11.9 Å². The Bertz CT molecular complexity index is 838. The summed E-state index contributed by atoms with van der Waals surface area (Å²) in [5.74, 6) is 0.0251. The molecule has 1 saturated heterocycles. The maximum absolute atomic E-state index is 12.9. The molecule has 5 nitrogen and oxygen atoms in total. The zero-order valence-electron chi connectivity index (χ0n) is 15.5. The van der Waals surface area contributed by atoms with E-state index < -0.39 is 17.8 Å². The van der Waals surface area contributed by atoms with Crippen molar-refractivity contribution in [2.45, 2.75) is 44.1 Å². The normalized spacial score (nSPS) is 30.1. The van der Waals surface area contributed by atoms with Gasteiger partial charge in [-0.2, -0.15) is 0 Å². The van der Waals surface area contributed by atoms with Crippen LogP contribution in [-0.2, 0) is 14.3 Å². The average Bonchev–Trinajstić information content (AvgIpc) is 3.04. The fourth-order valence-corrected chi connectivity index (χ4v) is 4.16. The monoisotopic (exact) mass is 365 g/mol. The predicted molar refractivity (Wildman–Crippen MR) is 100 cm³/mol.